The highest BCUT2D eigenvalue weighted by Crippen LogP contribution is 2.29. The lowest BCUT2D eigenvalue weighted by molar-refractivity contribution is -0.116. The quantitative estimate of drug-likeness (QED) is 0.822. The molecule has 1 aliphatic carbocycles. The Morgan fingerprint density at radius 2 is 1.96 bits per heavy atom. The van der Waals surface area contributed by atoms with Gasteiger partial charge in [0.25, 0.3) is 0 Å². The Labute approximate surface area is 146 Å². The summed E-state index contributed by atoms with van der Waals surface area (Å²) in [5.41, 5.74) is 8.24. The van der Waals surface area contributed by atoms with Crippen molar-refractivity contribution in [2.75, 3.05) is 5.32 Å². The Kier molecular flexibility index (Phi) is 6.57. The van der Waals surface area contributed by atoms with Crippen molar-refractivity contribution in [1.29, 1.82) is 0 Å². The van der Waals surface area contributed by atoms with Gasteiger partial charge in [-0.3, -0.25) is 4.79 Å². The summed E-state index contributed by atoms with van der Waals surface area (Å²) in [6.07, 6.45) is 6.09. The van der Waals surface area contributed by atoms with E-state index in [0.717, 1.165) is 23.5 Å². The molecule has 1 unspecified atom stereocenters. The number of nitrogens with one attached hydrogen (secondary N) is 1. The molecule has 0 spiro atoms. The molecule has 0 bridgehead atoms. The van der Waals surface area contributed by atoms with E-state index in [-0.39, 0.29) is 30.8 Å². The van der Waals surface area contributed by atoms with Crippen LogP contribution in [0.3, 0.4) is 0 Å². The van der Waals surface area contributed by atoms with E-state index in [4.69, 9.17) is 5.73 Å². The van der Waals surface area contributed by atoms with E-state index in [9.17, 15) is 4.79 Å². The van der Waals surface area contributed by atoms with Crippen LogP contribution in [0.15, 0.2) is 30.3 Å². The summed E-state index contributed by atoms with van der Waals surface area (Å²) in [7, 11) is 0. The zero-order valence-electron chi connectivity index (χ0n) is 13.0. The normalized spacial score (nSPS) is 15.0. The van der Waals surface area contributed by atoms with Gasteiger partial charge in [-0.05, 0) is 31.2 Å². The van der Waals surface area contributed by atoms with Gasteiger partial charge in [-0.2, -0.15) is 0 Å². The van der Waals surface area contributed by atoms with E-state index in [1.165, 1.54) is 29.8 Å². The monoisotopic (exact) mass is 351 g/mol. The second-order valence-electron chi connectivity index (χ2n) is 5.72. The maximum atomic E-state index is 12.2. The van der Waals surface area contributed by atoms with Gasteiger partial charge in [0, 0.05) is 17.3 Å². The Bertz CT molecular complexity index is 621. The number of fused-ring (bicyclic) bond motifs is 1. The number of anilines is 1. The Balaban J connectivity index is 0.00000192. The van der Waals surface area contributed by atoms with Crippen LogP contribution in [0.4, 0.5) is 5.13 Å². The summed E-state index contributed by atoms with van der Waals surface area (Å²) in [6, 6.07) is 9.43. The largest absolute Gasteiger partial charge is 0.324 e. The zero-order chi connectivity index (χ0) is 15.4. The number of hydrogen-bond acceptors (Lipinski definition) is 4. The molecule has 1 aromatic carbocycles. The summed E-state index contributed by atoms with van der Waals surface area (Å²) < 4.78 is 0. The molecule has 1 heterocycles. The first-order chi connectivity index (χ1) is 10.7. The second-order valence-corrected chi connectivity index (χ2v) is 6.80. The first-order valence-corrected chi connectivity index (χ1v) is 8.63. The predicted octanol–water partition coefficient (Wildman–Crippen LogP) is 3.86. The van der Waals surface area contributed by atoms with Gasteiger partial charge in [0.2, 0.25) is 5.91 Å². The number of nitrogens with zero attached hydrogens (tertiary/aromatic N) is 1. The van der Waals surface area contributed by atoms with Gasteiger partial charge in [-0.1, -0.05) is 36.8 Å². The fourth-order valence-corrected chi connectivity index (χ4v) is 3.84. The molecule has 1 atom stereocenters. The number of benzene rings is 1. The van der Waals surface area contributed by atoms with Crippen molar-refractivity contribution in [2.45, 2.75) is 44.6 Å². The Morgan fingerprint density at radius 3 is 2.74 bits per heavy atom. The highest BCUT2D eigenvalue weighted by molar-refractivity contribution is 7.15. The minimum absolute atomic E-state index is 0. The lowest BCUT2D eigenvalue weighted by Gasteiger charge is -2.11. The van der Waals surface area contributed by atoms with E-state index in [1.54, 1.807) is 11.3 Å². The topological polar surface area (TPSA) is 68.0 Å². The Hall–Kier alpha value is -1.43. The molecule has 1 amide bonds. The highest BCUT2D eigenvalue weighted by Gasteiger charge is 2.17. The van der Waals surface area contributed by atoms with Gasteiger partial charge in [-0.15, -0.1) is 23.7 Å². The molecule has 124 valence electrons. The maximum Gasteiger partial charge on any atom is 0.228 e. The smallest absolute Gasteiger partial charge is 0.228 e. The minimum atomic E-state index is -0.279. The molecule has 0 saturated heterocycles. The third-order valence-corrected chi connectivity index (χ3v) is 5.05. The first-order valence-electron chi connectivity index (χ1n) is 7.81. The van der Waals surface area contributed by atoms with Gasteiger partial charge in [0.05, 0.1) is 5.69 Å². The molecule has 0 fully saturated rings. The summed E-state index contributed by atoms with van der Waals surface area (Å²) in [6.45, 7) is 0. The van der Waals surface area contributed by atoms with Gasteiger partial charge >= 0.3 is 0 Å². The van der Waals surface area contributed by atoms with Crippen LogP contribution in [0.25, 0.3) is 0 Å². The van der Waals surface area contributed by atoms with Gasteiger partial charge < -0.3 is 11.1 Å². The zero-order valence-corrected chi connectivity index (χ0v) is 14.6. The summed E-state index contributed by atoms with van der Waals surface area (Å²) in [5, 5.41) is 3.63. The van der Waals surface area contributed by atoms with E-state index >= 15 is 0 Å². The van der Waals surface area contributed by atoms with Crippen LogP contribution in [0, 0.1) is 0 Å². The van der Waals surface area contributed by atoms with Crippen molar-refractivity contribution in [2.24, 2.45) is 5.73 Å². The van der Waals surface area contributed by atoms with E-state index in [0.29, 0.717) is 0 Å². The number of carbonyl (C=O) groups excluding carboxylic acids is 1. The lowest BCUT2D eigenvalue weighted by Crippen LogP contribution is -2.20. The number of rotatable bonds is 4. The van der Waals surface area contributed by atoms with Crippen LogP contribution in [0.2, 0.25) is 0 Å². The number of nitrogens with two attached hydrogens (primary N) is 1. The van der Waals surface area contributed by atoms with Crippen LogP contribution in [0.1, 0.15) is 47.9 Å². The molecule has 0 radical (unpaired) electrons. The molecule has 1 aromatic heterocycles. The van der Waals surface area contributed by atoms with Crippen LogP contribution in [0.5, 0.6) is 0 Å². The van der Waals surface area contributed by atoms with Crippen molar-refractivity contribution in [3.05, 3.63) is 46.5 Å². The van der Waals surface area contributed by atoms with Crippen LogP contribution < -0.4 is 11.1 Å². The molecular formula is C17H22ClN3OS. The average molecular weight is 352 g/mol. The molecule has 1 aliphatic rings. The molecule has 6 heteroatoms. The maximum absolute atomic E-state index is 12.2. The number of aromatic nitrogens is 1. The van der Waals surface area contributed by atoms with Gasteiger partial charge in [-0.25, -0.2) is 4.98 Å². The average Bonchev–Trinajstić information content (AvgIpc) is 2.76. The SMILES string of the molecule is Cl.NC(CC(=O)Nc1nc2c(s1)CCCCC2)c1ccccc1. The van der Waals surface area contributed by atoms with E-state index in [1.807, 2.05) is 30.3 Å². The summed E-state index contributed by atoms with van der Waals surface area (Å²) in [4.78, 5) is 18.1. The number of thiazole rings is 1. The first kappa shape index (κ1) is 17.9. The number of hydrogen-bond donors (Lipinski definition) is 2. The summed E-state index contributed by atoms with van der Waals surface area (Å²) >= 11 is 1.62. The molecule has 23 heavy (non-hydrogen) atoms. The lowest BCUT2D eigenvalue weighted by atomic mass is 10.0. The van der Waals surface area contributed by atoms with Crippen LogP contribution in [-0.2, 0) is 17.6 Å². The number of carbonyl (C=O) groups is 1. The van der Waals surface area contributed by atoms with E-state index in [2.05, 4.69) is 10.3 Å². The molecule has 3 rings (SSSR count). The molecule has 3 N–H and O–H groups in total. The van der Waals surface area contributed by atoms with Crippen molar-refractivity contribution >= 4 is 34.8 Å². The fraction of sp³-hybridized carbons (Fsp3) is 0.412. The Morgan fingerprint density at radius 1 is 1.22 bits per heavy atom. The second kappa shape index (κ2) is 8.43. The van der Waals surface area contributed by atoms with Crippen LogP contribution >= 0.6 is 23.7 Å². The predicted molar refractivity (Wildman–Crippen MR) is 97.2 cm³/mol. The third kappa shape index (κ3) is 4.77. The van der Waals surface area contributed by atoms with E-state index < -0.39 is 0 Å². The molecule has 0 saturated carbocycles. The van der Waals surface area contributed by atoms with Crippen molar-refractivity contribution in [3.63, 3.8) is 0 Å². The molecule has 2 aromatic rings. The van der Waals surface area contributed by atoms with Crippen molar-refractivity contribution in [3.8, 4) is 0 Å². The summed E-state index contributed by atoms with van der Waals surface area (Å²) in [5.74, 6) is -0.0692. The van der Waals surface area contributed by atoms with Crippen molar-refractivity contribution < 1.29 is 4.79 Å². The highest BCUT2D eigenvalue weighted by atomic mass is 35.5. The molecule has 4 nitrogen and oxygen atoms in total. The van der Waals surface area contributed by atoms with Gasteiger partial charge in [0.1, 0.15) is 0 Å². The number of halogens is 1. The number of amides is 1. The minimum Gasteiger partial charge on any atom is -0.324 e. The van der Waals surface area contributed by atoms with Crippen LogP contribution in [-0.4, -0.2) is 10.9 Å². The fourth-order valence-electron chi connectivity index (χ4n) is 2.77. The van der Waals surface area contributed by atoms with Crippen molar-refractivity contribution in [1.82, 2.24) is 4.98 Å². The molecule has 0 aliphatic heterocycles. The third-order valence-electron chi connectivity index (χ3n) is 3.98. The molecular weight excluding hydrogens is 330 g/mol. The van der Waals surface area contributed by atoms with Gasteiger partial charge in [0.15, 0.2) is 5.13 Å². The number of aryl methyl sites for hydroxylation is 2. The standard InChI is InChI=1S/C17H21N3OS.ClH/c18-13(12-7-3-1-4-8-12)11-16(21)20-17-19-14-9-5-2-6-10-15(14)22-17;/h1,3-4,7-8,13H,2,5-6,9-11,18H2,(H,19,20,21);1H.